The Morgan fingerprint density at radius 1 is 0.367 bits per heavy atom. The fraction of sp³-hybridized carbons (Fsp3) is 0.107. The first kappa shape index (κ1) is 34.7. The van der Waals surface area contributed by atoms with Crippen molar-refractivity contribution in [2.24, 2.45) is 0 Å². The van der Waals surface area contributed by atoms with Crippen LogP contribution in [0.15, 0.2) is 194 Å². The summed E-state index contributed by atoms with van der Waals surface area (Å²) in [4.78, 5) is 4.83. The molecule has 2 aliphatic heterocycles. The molecule has 0 saturated heterocycles. The number of benzene rings is 8. The number of rotatable bonds is 6. The number of ether oxygens (including phenoxy) is 2. The lowest BCUT2D eigenvalue weighted by Gasteiger charge is -2.31. The Bertz CT molecular complexity index is 2940. The van der Waals surface area contributed by atoms with Gasteiger partial charge in [-0.05, 0) is 96.1 Å². The molecule has 8 aromatic carbocycles. The SMILES string of the molecule is Cc1ccc(N(c2cccc3c2OC2C=CC=CC32)c2cc3c4ccccc4c(N(c4ccc(C)cc4)c4cccc5c4OC4C=CC=CC54)cc3c3ccccc23)cc1. The minimum atomic E-state index is -0.0218. The number of hydrogen-bond donors (Lipinski definition) is 0. The quantitative estimate of drug-likeness (QED) is 0.157. The van der Waals surface area contributed by atoms with Crippen LogP contribution < -0.4 is 19.3 Å². The molecule has 4 unspecified atom stereocenters. The first-order valence-corrected chi connectivity index (χ1v) is 21.0. The van der Waals surface area contributed by atoms with Gasteiger partial charge in [0.05, 0.1) is 22.7 Å². The number of aryl methyl sites for hydroxylation is 2. The minimum absolute atomic E-state index is 0.0218. The Labute approximate surface area is 350 Å². The minimum Gasteiger partial charge on any atom is -0.483 e. The van der Waals surface area contributed by atoms with E-state index in [4.69, 9.17) is 9.47 Å². The molecule has 0 radical (unpaired) electrons. The molecule has 0 amide bonds. The Morgan fingerprint density at radius 3 is 1.20 bits per heavy atom. The van der Waals surface area contributed by atoms with Crippen molar-refractivity contribution in [3.63, 3.8) is 0 Å². The zero-order valence-electron chi connectivity index (χ0n) is 33.5. The molecular formula is C56H42N2O2. The van der Waals surface area contributed by atoms with E-state index in [0.29, 0.717) is 0 Å². The molecule has 4 nitrogen and oxygen atoms in total. The average molecular weight is 775 g/mol. The average Bonchev–Trinajstić information content (AvgIpc) is 3.88. The third-order valence-corrected chi connectivity index (χ3v) is 12.8. The standard InChI is InChI=1S/C56H42N2O2/c1-35-25-29-37(30-26-35)57(49-21-11-19-45-43-17-7-9-23-53(43)59-55(45)49)51-33-47-40-14-4-6-16-42(40)52(34-48(47)39-13-3-5-15-41(39)51)58(38-31-27-36(2)28-32-38)50-22-12-20-46-44-18-8-10-24-54(44)60-56(46)50/h3-34,43-44,53-54H,1-2H3. The summed E-state index contributed by atoms with van der Waals surface area (Å²) in [6, 6.07) is 53.6. The molecular weight excluding hydrogens is 733 g/mol. The highest BCUT2D eigenvalue weighted by Gasteiger charge is 2.37. The zero-order chi connectivity index (χ0) is 39.9. The number of allylic oxidation sites excluding steroid dienone is 4. The maximum Gasteiger partial charge on any atom is 0.148 e. The maximum absolute atomic E-state index is 6.85. The second-order valence-corrected chi connectivity index (χ2v) is 16.5. The lowest BCUT2D eigenvalue weighted by Crippen LogP contribution is -2.16. The van der Waals surface area contributed by atoms with Crippen molar-refractivity contribution in [2.75, 3.05) is 9.80 Å². The van der Waals surface area contributed by atoms with E-state index in [2.05, 4.69) is 218 Å². The fourth-order valence-electron chi connectivity index (χ4n) is 9.94. The van der Waals surface area contributed by atoms with E-state index >= 15 is 0 Å². The Morgan fingerprint density at radius 2 is 0.767 bits per heavy atom. The monoisotopic (exact) mass is 774 g/mol. The molecule has 2 aliphatic carbocycles. The van der Waals surface area contributed by atoms with Crippen molar-refractivity contribution in [3.8, 4) is 11.5 Å². The largest absolute Gasteiger partial charge is 0.483 e. The van der Waals surface area contributed by atoms with E-state index in [9.17, 15) is 0 Å². The predicted octanol–water partition coefficient (Wildman–Crippen LogP) is 14.6. The molecule has 0 aromatic heterocycles. The highest BCUT2D eigenvalue weighted by molar-refractivity contribution is 6.24. The molecule has 4 aliphatic rings. The molecule has 4 heteroatoms. The normalized spacial score (nSPS) is 19.2. The van der Waals surface area contributed by atoms with Gasteiger partial charge < -0.3 is 19.3 Å². The third-order valence-electron chi connectivity index (χ3n) is 12.8. The molecule has 12 rings (SSSR count). The summed E-state index contributed by atoms with van der Waals surface area (Å²) in [5, 5.41) is 7.06. The second-order valence-electron chi connectivity index (χ2n) is 16.5. The van der Waals surface area contributed by atoms with E-state index < -0.39 is 0 Å². The molecule has 60 heavy (non-hydrogen) atoms. The van der Waals surface area contributed by atoms with Crippen molar-refractivity contribution in [1.82, 2.24) is 0 Å². The van der Waals surface area contributed by atoms with Crippen LogP contribution in [0.1, 0.15) is 34.1 Å². The smallest absolute Gasteiger partial charge is 0.148 e. The van der Waals surface area contributed by atoms with Crippen LogP contribution in [0.2, 0.25) is 0 Å². The summed E-state index contributed by atoms with van der Waals surface area (Å²) in [6.45, 7) is 4.29. The van der Waals surface area contributed by atoms with E-state index in [1.54, 1.807) is 0 Å². The van der Waals surface area contributed by atoms with Gasteiger partial charge >= 0.3 is 0 Å². The van der Waals surface area contributed by atoms with Crippen LogP contribution >= 0.6 is 0 Å². The van der Waals surface area contributed by atoms with Gasteiger partial charge in [-0.3, -0.25) is 0 Å². The van der Waals surface area contributed by atoms with Crippen molar-refractivity contribution in [1.29, 1.82) is 0 Å². The van der Waals surface area contributed by atoms with Gasteiger partial charge in [0, 0.05) is 45.1 Å². The number of anilines is 6. The number of nitrogens with zero attached hydrogens (tertiary/aromatic N) is 2. The maximum atomic E-state index is 6.85. The van der Waals surface area contributed by atoms with E-state index in [1.807, 2.05) is 0 Å². The summed E-state index contributed by atoms with van der Waals surface area (Å²) < 4.78 is 13.7. The molecule has 8 aromatic rings. The molecule has 4 atom stereocenters. The molecule has 0 spiro atoms. The van der Waals surface area contributed by atoms with E-state index in [0.717, 1.165) is 56.4 Å². The van der Waals surface area contributed by atoms with Crippen LogP contribution in [0.25, 0.3) is 32.3 Å². The summed E-state index contributed by atoms with van der Waals surface area (Å²) in [5.74, 6) is 2.24. The van der Waals surface area contributed by atoms with Crippen LogP contribution in [0.4, 0.5) is 34.1 Å². The van der Waals surface area contributed by atoms with Gasteiger partial charge in [0.25, 0.3) is 0 Å². The Kier molecular flexibility index (Phi) is 7.89. The van der Waals surface area contributed by atoms with Gasteiger partial charge in [0.15, 0.2) is 0 Å². The highest BCUT2D eigenvalue weighted by atomic mass is 16.5. The van der Waals surface area contributed by atoms with Crippen molar-refractivity contribution >= 4 is 66.4 Å². The van der Waals surface area contributed by atoms with Crippen LogP contribution in [0.3, 0.4) is 0 Å². The molecule has 0 saturated carbocycles. The topological polar surface area (TPSA) is 24.9 Å². The van der Waals surface area contributed by atoms with Crippen LogP contribution in [0.5, 0.6) is 11.5 Å². The van der Waals surface area contributed by atoms with Gasteiger partial charge in [-0.1, -0.05) is 145 Å². The van der Waals surface area contributed by atoms with Crippen molar-refractivity contribution < 1.29 is 9.47 Å². The van der Waals surface area contributed by atoms with Gasteiger partial charge in [-0.25, -0.2) is 0 Å². The van der Waals surface area contributed by atoms with E-state index in [1.165, 1.54) is 43.8 Å². The number of para-hydroxylation sites is 2. The van der Waals surface area contributed by atoms with Gasteiger partial charge in [0.2, 0.25) is 0 Å². The summed E-state index contributed by atoms with van der Waals surface area (Å²) in [6.07, 6.45) is 17.3. The summed E-state index contributed by atoms with van der Waals surface area (Å²) in [5.41, 5.74) is 11.3. The highest BCUT2D eigenvalue weighted by Crippen LogP contribution is 2.55. The molecule has 0 N–H and O–H groups in total. The van der Waals surface area contributed by atoms with Crippen molar-refractivity contribution in [3.05, 3.63) is 216 Å². The second kappa shape index (κ2) is 13.6. The fourth-order valence-corrected chi connectivity index (χ4v) is 9.94. The van der Waals surface area contributed by atoms with Gasteiger partial charge in [-0.2, -0.15) is 0 Å². The molecule has 0 bridgehead atoms. The zero-order valence-corrected chi connectivity index (χ0v) is 33.5. The van der Waals surface area contributed by atoms with Gasteiger partial charge in [-0.15, -0.1) is 0 Å². The van der Waals surface area contributed by atoms with Crippen LogP contribution in [0, 0.1) is 13.8 Å². The Hall–Kier alpha value is -7.30. The van der Waals surface area contributed by atoms with Crippen LogP contribution in [-0.4, -0.2) is 12.2 Å². The van der Waals surface area contributed by atoms with Gasteiger partial charge in [0.1, 0.15) is 23.7 Å². The third kappa shape index (κ3) is 5.37. The first-order chi connectivity index (χ1) is 29.6. The lowest BCUT2D eigenvalue weighted by molar-refractivity contribution is 0.269. The summed E-state index contributed by atoms with van der Waals surface area (Å²) in [7, 11) is 0. The molecule has 2 heterocycles. The molecule has 288 valence electrons. The van der Waals surface area contributed by atoms with Crippen molar-refractivity contribution in [2.45, 2.75) is 37.9 Å². The van der Waals surface area contributed by atoms with Crippen LogP contribution in [-0.2, 0) is 0 Å². The Balaban J connectivity index is 1.13. The molecule has 0 fully saturated rings. The van der Waals surface area contributed by atoms with E-state index in [-0.39, 0.29) is 24.0 Å². The summed E-state index contributed by atoms with van der Waals surface area (Å²) >= 11 is 0. The number of hydrogen-bond acceptors (Lipinski definition) is 4. The lowest BCUT2D eigenvalue weighted by atomic mass is 9.91. The number of fused-ring (bicyclic) bond motifs is 11. The predicted molar refractivity (Wildman–Crippen MR) is 249 cm³/mol. The first-order valence-electron chi connectivity index (χ1n) is 21.0.